The number of nitrogen functional groups attached to an aromatic ring is 2. The van der Waals surface area contributed by atoms with Gasteiger partial charge in [-0.3, -0.25) is 14.2 Å². The van der Waals surface area contributed by atoms with E-state index in [1.165, 1.54) is 6.92 Å². The molecule has 1 aromatic carbocycles. The highest BCUT2D eigenvalue weighted by atomic mass is 35.5. The highest BCUT2D eigenvalue weighted by Gasteiger charge is 2.36. The zero-order valence-electron chi connectivity index (χ0n) is 18.5. The Morgan fingerprint density at radius 1 is 1.32 bits per heavy atom. The molecule has 1 atom stereocenters. The minimum Gasteiger partial charge on any atom is -0.382 e. The first-order valence-corrected chi connectivity index (χ1v) is 11.2. The van der Waals surface area contributed by atoms with Gasteiger partial charge in [0.2, 0.25) is 11.9 Å². The van der Waals surface area contributed by atoms with Crippen LogP contribution >= 0.6 is 11.6 Å². The molecule has 1 aliphatic rings. The van der Waals surface area contributed by atoms with Gasteiger partial charge in [0.15, 0.2) is 5.82 Å². The van der Waals surface area contributed by atoms with Gasteiger partial charge >= 0.3 is 0 Å². The van der Waals surface area contributed by atoms with E-state index in [2.05, 4.69) is 20.6 Å². The van der Waals surface area contributed by atoms with E-state index in [0.717, 1.165) is 12.8 Å². The third-order valence-corrected chi connectivity index (χ3v) is 5.94. The number of hydrogen-bond acceptors (Lipinski definition) is 9. The number of halogens is 1. The molecule has 4 rings (SSSR count). The largest absolute Gasteiger partial charge is 0.382 e. The normalized spacial score (nSPS) is 13.9. The number of carbonyl (C=O) groups excluding carboxylic acids is 1. The molecule has 1 amide bonds. The monoisotopic (exact) mass is 481 g/mol. The molecule has 1 fully saturated rings. The van der Waals surface area contributed by atoms with Crippen LogP contribution in [0.3, 0.4) is 0 Å². The van der Waals surface area contributed by atoms with Gasteiger partial charge < -0.3 is 22.1 Å². The third kappa shape index (κ3) is 4.72. The summed E-state index contributed by atoms with van der Waals surface area (Å²) in [6, 6.07) is 6.70. The molecule has 2 aromatic heterocycles. The van der Waals surface area contributed by atoms with Crippen molar-refractivity contribution in [2.45, 2.75) is 38.8 Å². The van der Waals surface area contributed by atoms with Gasteiger partial charge in [0, 0.05) is 20.0 Å². The Balaban J connectivity index is 1.82. The van der Waals surface area contributed by atoms with Crippen molar-refractivity contribution in [3.8, 4) is 6.07 Å². The summed E-state index contributed by atoms with van der Waals surface area (Å²) in [5.74, 6) is 0.596. The zero-order valence-corrected chi connectivity index (χ0v) is 19.3. The Hall–Kier alpha value is -3.91. The fourth-order valence-corrected chi connectivity index (χ4v) is 4.13. The molecule has 12 heteroatoms. The summed E-state index contributed by atoms with van der Waals surface area (Å²) in [7, 11) is 0. The molecule has 1 aliphatic carbocycles. The lowest BCUT2D eigenvalue weighted by Crippen LogP contribution is -2.32. The number of nitriles is 1. The van der Waals surface area contributed by atoms with Crippen molar-refractivity contribution >= 4 is 46.0 Å². The maximum Gasteiger partial charge on any atom is 0.262 e. The van der Waals surface area contributed by atoms with E-state index in [0.29, 0.717) is 41.3 Å². The number of rotatable bonds is 8. The Morgan fingerprint density at radius 3 is 2.76 bits per heavy atom. The quantitative estimate of drug-likeness (QED) is 0.350. The number of amides is 1. The second-order valence-corrected chi connectivity index (χ2v) is 8.57. The van der Waals surface area contributed by atoms with E-state index in [1.54, 1.807) is 22.8 Å². The van der Waals surface area contributed by atoms with Crippen LogP contribution < -0.4 is 27.7 Å². The van der Waals surface area contributed by atoms with Gasteiger partial charge in [-0.2, -0.15) is 15.2 Å². The van der Waals surface area contributed by atoms with Crippen LogP contribution in [-0.2, 0) is 11.3 Å². The van der Waals surface area contributed by atoms with Crippen LogP contribution in [0.25, 0.3) is 10.9 Å². The molecule has 0 spiro atoms. The number of fused-ring (bicyclic) bond motifs is 1. The molecule has 1 saturated carbocycles. The maximum atomic E-state index is 13.5. The highest BCUT2D eigenvalue weighted by molar-refractivity contribution is 6.35. The summed E-state index contributed by atoms with van der Waals surface area (Å²) in [6.07, 6.45) is 2.33. The van der Waals surface area contributed by atoms with Crippen molar-refractivity contribution in [1.29, 1.82) is 5.26 Å². The molecule has 34 heavy (non-hydrogen) atoms. The number of nitrogens with two attached hydrogens (primary N) is 2. The fourth-order valence-electron chi connectivity index (χ4n) is 3.88. The molecule has 0 aliphatic heterocycles. The van der Waals surface area contributed by atoms with Crippen LogP contribution in [0.2, 0.25) is 5.02 Å². The molecule has 11 nitrogen and oxygen atoms in total. The summed E-state index contributed by atoms with van der Waals surface area (Å²) >= 11 is 6.34. The van der Waals surface area contributed by atoms with Crippen LogP contribution in [0.5, 0.6) is 0 Å². The Bertz CT molecular complexity index is 1360. The Kier molecular flexibility index (Phi) is 6.51. The SMILES string of the molecule is CC(=O)NCCCn1c(C(Nc2nc(N)nc(N)c2C#N)C2CC2)nc2cccc(Cl)c2c1=O. The summed E-state index contributed by atoms with van der Waals surface area (Å²) in [4.78, 5) is 37.6. The van der Waals surface area contributed by atoms with Crippen LogP contribution in [0.1, 0.15) is 43.6 Å². The summed E-state index contributed by atoms with van der Waals surface area (Å²) in [5, 5.41) is 16.2. The summed E-state index contributed by atoms with van der Waals surface area (Å²) in [5.41, 5.74) is 11.9. The van der Waals surface area contributed by atoms with Gasteiger partial charge in [0.1, 0.15) is 23.3 Å². The van der Waals surface area contributed by atoms with Gasteiger partial charge in [-0.1, -0.05) is 17.7 Å². The number of hydrogen-bond donors (Lipinski definition) is 4. The molecule has 0 bridgehead atoms. The molecule has 6 N–H and O–H groups in total. The molecule has 0 saturated heterocycles. The van der Waals surface area contributed by atoms with E-state index in [1.807, 2.05) is 6.07 Å². The minimum atomic E-state index is -0.433. The summed E-state index contributed by atoms with van der Waals surface area (Å²) < 4.78 is 1.58. The predicted octanol–water partition coefficient (Wildman–Crippen LogP) is 1.97. The first kappa shape index (κ1) is 23.3. The zero-order chi connectivity index (χ0) is 24.4. The van der Waals surface area contributed by atoms with E-state index in [9.17, 15) is 14.9 Å². The molecule has 3 aromatic rings. The number of aromatic nitrogens is 4. The molecular weight excluding hydrogens is 458 g/mol. The molecule has 1 unspecified atom stereocenters. The van der Waals surface area contributed by atoms with Crippen molar-refractivity contribution < 1.29 is 4.79 Å². The minimum absolute atomic E-state index is 0.0296. The molecule has 2 heterocycles. The van der Waals surface area contributed by atoms with Crippen LogP contribution in [0, 0.1) is 17.2 Å². The van der Waals surface area contributed by atoms with E-state index < -0.39 is 6.04 Å². The average Bonchev–Trinajstić information content (AvgIpc) is 3.61. The topological polar surface area (TPSA) is 178 Å². The van der Waals surface area contributed by atoms with Crippen molar-refractivity contribution in [3.05, 3.63) is 45.0 Å². The third-order valence-electron chi connectivity index (χ3n) is 5.62. The average molecular weight is 482 g/mol. The number of benzene rings is 1. The van der Waals surface area contributed by atoms with Crippen molar-refractivity contribution in [2.75, 3.05) is 23.3 Å². The summed E-state index contributed by atoms with van der Waals surface area (Å²) in [6.45, 7) is 2.15. The number of carbonyl (C=O) groups is 1. The van der Waals surface area contributed by atoms with Crippen molar-refractivity contribution in [2.24, 2.45) is 5.92 Å². The highest BCUT2D eigenvalue weighted by Crippen LogP contribution is 2.43. The fraction of sp³-hybridized carbons (Fsp3) is 0.364. The molecule has 176 valence electrons. The van der Waals surface area contributed by atoms with Gasteiger partial charge in [0.25, 0.3) is 5.56 Å². The Morgan fingerprint density at radius 2 is 2.09 bits per heavy atom. The van der Waals surface area contributed by atoms with Crippen LogP contribution in [0.15, 0.2) is 23.0 Å². The van der Waals surface area contributed by atoms with Gasteiger partial charge in [-0.15, -0.1) is 0 Å². The second-order valence-electron chi connectivity index (χ2n) is 8.16. The van der Waals surface area contributed by atoms with Gasteiger partial charge in [-0.25, -0.2) is 4.98 Å². The van der Waals surface area contributed by atoms with Crippen LogP contribution in [0.4, 0.5) is 17.6 Å². The maximum absolute atomic E-state index is 13.5. The lowest BCUT2D eigenvalue weighted by molar-refractivity contribution is -0.118. The number of nitrogens with one attached hydrogen (secondary N) is 2. The van der Waals surface area contributed by atoms with Crippen molar-refractivity contribution in [3.63, 3.8) is 0 Å². The van der Waals surface area contributed by atoms with Crippen LogP contribution in [-0.4, -0.2) is 32.0 Å². The number of anilines is 3. The van der Waals surface area contributed by atoms with E-state index in [4.69, 9.17) is 28.1 Å². The standard InChI is InChI=1S/C22H24ClN9O2/c1-11(33)27-8-3-9-32-20(28-15-5-2-4-14(23)16(15)21(32)34)17(12-6-7-12)29-19-13(10-24)18(25)30-22(26)31-19/h2,4-5,12,17H,3,6-9H2,1H3,(H,27,33)(H5,25,26,29,30,31). The lowest BCUT2D eigenvalue weighted by atomic mass is 10.1. The first-order chi connectivity index (χ1) is 16.3. The smallest absolute Gasteiger partial charge is 0.262 e. The van der Waals surface area contributed by atoms with Gasteiger partial charge in [0.05, 0.1) is 22.0 Å². The first-order valence-electron chi connectivity index (χ1n) is 10.8. The number of nitrogens with zero attached hydrogens (tertiary/aromatic N) is 5. The molecule has 0 radical (unpaired) electrons. The van der Waals surface area contributed by atoms with Gasteiger partial charge in [-0.05, 0) is 37.3 Å². The van der Waals surface area contributed by atoms with Crippen molar-refractivity contribution in [1.82, 2.24) is 24.8 Å². The Labute approximate surface area is 200 Å². The van der Waals surface area contributed by atoms with E-state index >= 15 is 0 Å². The molecular formula is C22H24ClN9O2. The van der Waals surface area contributed by atoms with E-state index in [-0.39, 0.29) is 40.5 Å². The lowest BCUT2D eigenvalue weighted by Gasteiger charge is -2.24. The predicted molar refractivity (Wildman–Crippen MR) is 129 cm³/mol. The second kappa shape index (κ2) is 9.52.